The molecule has 0 fully saturated rings. The largest absolute Gasteiger partial charge is 0.504 e. The Labute approximate surface area is 227 Å². The van der Waals surface area contributed by atoms with Gasteiger partial charge in [-0.15, -0.1) is 22.7 Å². The summed E-state index contributed by atoms with van der Waals surface area (Å²) in [4.78, 5) is 7.95. The molecule has 2 heterocycles. The number of halogens is 6. The van der Waals surface area contributed by atoms with Gasteiger partial charge in [-0.05, 0) is 24.3 Å². The van der Waals surface area contributed by atoms with Gasteiger partial charge in [0, 0.05) is 44.7 Å². The summed E-state index contributed by atoms with van der Waals surface area (Å²) in [5.41, 5.74) is 1.06. The van der Waals surface area contributed by atoms with E-state index in [1.807, 2.05) is 0 Å². The summed E-state index contributed by atoms with van der Waals surface area (Å²) in [5.74, 6) is -2.17. The molecule has 0 aliphatic carbocycles. The summed E-state index contributed by atoms with van der Waals surface area (Å²) in [6, 6.07) is 10.0. The van der Waals surface area contributed by atoms with Gasteiger partial charge in [-0.25, -0.2) is 9.97 Å². The van der Waals surface area contributed by atoms with Gasteiger partial charge >= 0.3 is 12.4 Å². The molecular weight excluding hydrogens is 641 g/mol. The van der Waals surface area contributed by atoms with Crippen molar-refractivity contribution in [3.8, 4) is 11.5 Å². The zero-order valence-electron chi connectivity index (χ0n) is 18.6. The second-order valence-corrected chi connectivity index (χ2v) is 8.95. The molecule has 2 aromatic heterocycles. The van der Waals surface area contributed by atoms with E-state index in [1.54, 1.807) is 36.4 Å². The molecule has 6 nitrogen and oxygen atoms in total. The van der Waals surface area contributed by atoms with Crippen LogP contribution in [0.3, 0.4) is 0 Å². The molecule has 37 heavy (non-hydrogen) atoms. The van der Waals surface area contributed by atoms with Crippen LogP contribution in [0.15, 0.2) is 47.9 Å². The molecule has 4 rings (SSSR count). The van der Waals surface area contributed by atoms with Gasteiger partial charge in [-0.3, -0.25) is 0 Å². The van der Waals surface area contributed by atoms with Gasteiger partial charge in [0.25, 0.3) is 0 Å². The van der Waals surface area contributed by atoms with E-state index in [0.717, 1.165) is 32.1 Å². The Hall–Kier alpha value is -2.86. The predicted molar refractivity (Wildman–Crippen MR) is 126 cm³/mol. The van der Waals surface area contributed by atoms with Crippen molar-refractivity contribution in [3.63, 3.8) is 0 Å². The number of nitrogens with zero attached hydrogens (tertiary/aromatic N) is 2. The van der Waals surface area contributed by atoms with E-state index < -0.39 is 23.9 Å². The number of aliphatic hydroxyl groups excluding tert-OH is 2. The number of hydrogen-bond donors (Lipinski definition) is 2. The number of aromatic nitrogens is 2. The van der Waals surface area contributed by atoms with Gasteiger partial charge in [-0.1, -0.05) is 0 Å². The number of ether oxygens (including phenoxy) is 2. The maximum Gasteiger partial charge on any atom is 0.448 e. The Kier molecular flexibility index (Phi) is 9.95. The van der Waals surface area contributed by atoms with Gasteiger partial charge in [-0.2, -0.15) is 26.3 Å². The fourth-order valence-corrected chi connectivity index (χ4v) is 4.40. The van der Waals surface area contributed by atoms with Crippen LogP contribution in [0, 0.1) is 0 Å². The number of thiazole rings is 2. The number of alkyl halides is 6. The van der Waals surface area contributed by atoms with E-state index in [9.17, 15) is 26.3 Å². The molecule has 0 aliphatic heterocycles. The zero-order chi connectivity index (χ0) is 26.7. The SMILES string of the molecule is COc1ccc2sc(/C=C(\O)C(F)(F)F)nc2c1.COc1ccc2sc(/C=C(\O)C(F)(F)F)nc2c1.[Pd]. The van der Waals surface area contributed by atoms with Gasteiger partial charge in [0.1, 0.15) is 21.5 Å². The number of hydrogen-bond acceptors (Lipinski definition) is 8. The van der Waals surface area contributed by atoms with E-state index in [2.05, 4.69) is 9.97 Å². The molecular formula is C22H16F6N2O4PdS2. The average molecular weight is 657 g/mol. The van der Waals surface area contributed by atoms with Crippen LogP contribution in [0.25, 0.3) is 32.6 Å². The standard InChI is InChI=1S/2C11H8F3NO2S.Pd/c2*1-17-6-2-3-8-7(4-6)15-10(18-8)5-9(16)11(12,13)14;/h2*2-5,16H,1H3;/b2*9-5-;. The number of benzene rings is 2. The first-order chi connectivity index (χ1) is 16.8. The average Bonchev–Trinajstić information content (AvgIpc) is 3.39. The van der Waals surface area contributed by atoms with E-state index in [4.69, 9.17) is 19.7 Å². The Bertz CT molecular complexity index is 1320. The van der Waals surface area contributed by atoms with Crippen molar-refractivity contribution in [2.75, 3.05) is 14.2 Å². The molecule has 0 spiro atoms. The Balaban J connectivity index is 0.000000253. The first-order valence-corrected chi connectivity index (χ1v) is 11.3. The van der Waals surface area contributed by atoms with Crippen LogP contribution in [-0.2, 0) is 20.4 Å². The van der Waals surface area contributed by atoms with Crippen molar-refractivity contribution < 1.29 is 66.5 Å². The first kappa shape index (κ1) is 30.4. The predicted octanol–water partition coefficient (Wildman–Crippen LogP) is 7.53. The third-order valence-corrected chi connectivity index (χ3v) is 6.29. The molecule has 0 unspecified atom stereocenters. The smallest absolute Gasteiger partial charge is 0.448 e. The molecule has 4 aromatic rings. The van der Waals surface area contributed by atoms with Crippen LogP contribution in [0.5, 0.6) is 11.5 Å². The van der Waals surface area contributed by atoms with Crippen molar-refractivity contribution >= 4 is 55.3 Å². The van der Waals surface area contributed by atoms with Crippen LogP contribution >= 0.6 is 22.7 Å². The van der Waals surface area contributed by atoms with Gasteiger partial charge in [0.15, 0.2) is 0 Å². The van der Waals surface area contributed by atoms with Crippen LogP contribution in [0.2, 0.25) is 0 Å². The quantitative estimate of drug-likeness (QED) is 0.134. The van der Waals surface area contributed by atoms with Gasteiger partial charge < -0.3 is 19.7 Å². The maximum absolute atomic E-state index is 12.1. The van der Waals surface area contributed by atoms with E-state index in [1.165, 1.54) is 14.2 Å². The second kappa shape index (κ2) is 12.1. The first-order valence-electron chi connectivity index (χ1n) is 9.65. The van der Waals surface area contributed by atoms with E-state index in [0.29, 0.717) is 34.7 Å². The van der Waals surface area contributed by atoms with Gasteiger partial charge in [0.2, 0.25) is 11.5 Å². The molecule has 0 atom stereocenters. The van der Waals surface area contributed by atoms with Crippen LogP contribution in [0.4, 0.5) is 26.3 Å². The molecule has 0 amide bonds. The van der Waals surface area contributed by atoms with Crippen LogP contribution in [-0.4, -0.2) is 46.8 Å². The summed E-state index contributed by atoms with van der Waals surface area (Å²) < 4.78 is 84.3. The molecule has 0 aliphatic rings. The Morgan fingerprint density at radius 2 is 1.08 bits per heavy atom. The fourth-order valence-electron chi connectivity index (χ4n) is 2.63. The summed E-state index contributed by atoms with van der Waals surface area (Å²) >= 11 is 2.12. The summed E-state index contributed by atoms with van der Waals surface area (Å²) in [5, 5.41) is 17.9. The van der Waals surface area contributed by atoms with Crippen molar-refractivity contribution in [2.24, 2.45) is 0 Å². The number of aliphatic hydroxyl groups is 2. The van der Waals surface area contributed by atoms with Crippen molar-refractivity contribution in [1.29, 1.82) is 0 Å². The minimum absolute atomic E-state index is 0. The minimum atomic E-state index is -4.75. The Morgan fingerprint density at radius 3 is 1.38 bits per heavy atom. The second-order valence-electron chi connectivity index (χ2n) is 6.83. The van der Waals surface area contributed by atoms with Gasteiger partial charge in [0.05, 0.1) is 34.7 Å². The third-order valence-electron chi connectivity index (χ3n) is 4.32. The monoisotopic (exact) mass is 656 g/mol. The third kappa shape index (κ3) is 8.06. The summed E-state index contributed by atoms with van der Waals surface area (Å²) in [6.45, 7) is 0. The summed E-state index contributed by atoms with van der Waals surface area (Å²) in [6.07, 6.45) is -8.29. The number of methoxy groups -OCH3 is 2. The molecule has 2 N–H and O–H groups in total. The maximum atomic E-state index is 12.1. The normalized spacial score (nSPS) is 12.6. The van der Waals surface area contributed by atoms with Crippen molar-refractivity contribution in [3.05, 3.63) is 57.9 Å². The fraction of sp³-hybridized carbons (Fsp3) is 0.182. The van der Waals surface area contributed by atoms with Crippen LogP contribution < -0.4 is 9.47 Å². The molecule has 15 heteroatoms. The van der Waals surface area contributed by atoms with Crippen molar-refractivity contribution in [2.45, 2.75) is 12.4 Å². The minimum Gasteiger partial charge on any atom is -0.504 e. The summed E-state index contributed by atoms with van der Waals surface area (Å²) in [7, 11) is 2.98. The molecule has 2 aromatic carbocycles. The molecule has 0 bridgehead atoms. The molecule has 0 radical (unpaired) electrons. The number of allylic oxidation sites excluding steroid dienone is 2. The molecule has 0 saturated carbocycles. The van der Waals surface area contributed by atoms with E-state index >= 15 is 0 Å². The topological polar surface area (TPSA) is 84.7 Å². The number of fused-ring (bicyclic) bond motifs is 2. The van der Waals surface area contributed by atoms with Crippen LogP contribution in [0.1, 0.15) is 10.0 Å². The van der Waals surface area contributed by atoms with Crippen molar-refractivity contribution in [1.82, 2.24) is 9.97 Å². The Morgan fingerprint density at radius 1 is 0.730 bits per heavy atom. The van der Waals surface area contributed by atoms with E-state index in [-0.39, 0.29) is 30.4 Å². The zero-order valence-corrected chi connectivity index (χ0v) is 21.8. The molecule has 202 valence electrons. The number of rotatable bonds is 4. The molecule has 0 saturated heterocycles.